The Hall–Kier alpha value is -2.71. The Kier molecular flexibility index (Phi) is 3.86. The van der Waals surface area contributed by atoms with Crippen molar-refractivity contribution < 1.29 is 22.1 Å². The molecule has 1 aromatic carbocycles. The molecule has 0 N–H and O–H groups in total. The van der Waals surface area contributed by atoms with Gasteiger partial charge >= 0.3 is 6.18 Å². The highest BCUT2D eigenvalue weighted by Crippen LogP contribution is 2.37. The van der Waals surface area contributed by atoms with Crippen molar-refractivity contribution in [1.82, 2.24) is 19.9 Å². The van der Waals surface area contributed by atoms with Crippen LogP contribution in [-0.4, -0.2) is 19.9 Å². The molecule has 0 unspecified atom stereocenters. The fourth-order valence-corrected chi connectivity index (χ4v) is 2.27. The van der Waals surface area contributed by atoms with Gasteiger partial charge in [-0.2, -0.15) is 23.3 Å². The van der Waals surface area contributed by atoms with Gasteiger partial charge in [0.2, 0.25) is 11.7 Å². The number of alkyl halides is 3. The van der Waals surface area contributed by atoms with Gasteiger partial charge in [-0.25, -0.2) is 4.39 Å². The molecule has 0 saturated heterocycles. The molecule has 3 rings (SSSR count). The topological polar surface area (TPSA) is 56.7 Å². The van der Waals surface area contributed by atoms with E-state index in [0.29, 0.717) is 6.07 Å². The lowest BCUT2D eigenvalue weighted by atomic mass is 10.0. The third kappa shape index (κ3) is 3.01. The van der Waals surface area contributed by atoms with E-state index < -0.39 is 17.6 Å². The number of rotatable bonds is 3. The van der Waals surface area contributed by atoms with Gasteiger partial charge in [-0.05, 0) is 25.1 Å². The molecule has 24 heavy (non-hydrogen) atoms. The van der Waals surface area contributed by atoms with Crippen molar-refractivity contribution in [2.45, 2.75) is 19.0 Å². The number of aryl methyl sites for hydroxylation is 1. The maximum Gasteiger partial charge on any atom is 0.417 e. The zero-order valence-corrected chi connectivity index (χ0v) is 12.7. The molecule has 0 aliphatic heterocycles. The van der Waals surface area contributed by atoms with Gasteiger partial charge < -0.3 is 4.52 Å². The molecule has 0 saturated carbocycles. The normalized spacial score (nSPS) is 13.2. The van der Waals surface area contributed by atoms with Crippen molar-refractivity contribution in [3.05, 3.63) is 53.4 Å². The van der Waals surface area contributed by atoms with Crippen LogP contribution in [-0.2, 0) is 13.2 Å². The van der Waals surface area contributed by atoms with Gasteiger partial charge in [0.1, 0.15) is 5.82 Å². The smallest absolute Gasteiger partial charge is 0.338 e. The van der Waals surface area contributed by atoms with E-state index in [1.807, 2.05) is 0 Å². The van der Waals surface area contributed by atoms with Crippen molar-refractivity contribution >= 4 is 0 Å². The molecule has 3 aromatic rings. The minimum Gasteiger partial charge on any atom is -0.338 e. The summed E-state index contributed by atoms with van der Waals surface area (Å²) in [5, 5.41) is 7.63. The molecular weight excluding hydrogens is 328 g/mol. The summed E-state index contributed by atoms with van der Waals surface area (Å²) in [6.45, 7) is 1.77. The van der Waals surface area contributed by atoms with Crippen LogP contribution in [0.15, 0.2) is 35.1 Å². The quantitative estimate of drug-likeness (QED) is 0.681. The molecule has 0 aliphatic carbocycles. The summed E-state index contributed by atoms with van der Waals surface area (Å²) in [7, 11) is 1.74. The van der Waals surface area contributed by atoms with Crippen LogP contribution in [0, 0.1) is 5.82 Å². The fraction of sp³-hybridized carbons (Fsp3) is 0.267. The van der Waals surface area contributed by atoms with E-state index in [4.69, 9.17) is 4.52 Å². The Labute approximate surface area is 133 Å². The zero-order chi connectivity index (χ0) is 17.5. The zero-order valence-electron chi connectivity index (χ0n) is 12.7. The van der Waals surface area contributed by atoms with E-state index >= 15 is 0 Å². The number of halogens is 4. The first-order chi connectivity index (χ1) is 11.3. The van der Waals surface area contributed by atoms with Gasteiger partial charge in [0.25, 0.3) is 0 Å². The predicted octanol–water partition coefficient (Wildman–Crippen LogP) is 3.78. The summed E-state index contributed by atoms with van der Waals surface area (Å²) in [5.74, 6) is -1.42. The number of hydrogen-bond acceptors (Lipinski definition) is 4. The number of benzene rings is 1. The monoisotopic (exact) mass is 340 g/mol. The standard InChI is InChI=1S/C15H12F4N4O/c1-8(9-6-20-23(2)7-9)14-21-13(22-24-14)11-4-3-10(16)5-12(11)15(17,18)19/h3-8H,1-2H3/t8-/m0/s1. The second-order valence-corrected chi connectivity index (χ2v) is 5.31. The molecule has 2 aromatic heterocycles. The molecule has 0 aliphatic rings. The largest absolute Gasteiger partial charge is 0.417 e. The molecule has 2 heterocycles. The molecule has 0 bridgehead atoms. The Morgan fingerprint density at radius 1 is 1.25 bits per heavy atom. The van der Waals surface area contributed by atoms with Crippen molar-refractivity contribution in [3.8, 4) is 11.4 Å². The summed E-state index contributed by atoms with van der Waals surface area (Å²) >= 11 is 0. The van der Waals surface area contributed by atoms with E-state index in [0.717, 1.165) is 17.7 Å². The lowest BCUT2D eigenvalue weighted by molar-refractivity contribution is -0.137. The van der Waals surface area contributed by atoms with E-state index in [2.05, 4.69) is 15.2 Å². The van der Waals surface area contributed by atoms with Gasteiger partial charge in [0.15, 0.2) is 0 Å². The maximum atomic E-state index is 13.2. The Morgan fingerprint density at radius 3 is 2.62 bits per heavy atom. The minimum absolute atomic E-state index is 0.149. The third-order valence-electron chi connectivity index (χ3n) is 3.56. The van der Waals surface area contributed by atoms with Crippen LogP contribution in [0.4, 0.5) is 17.6 Å². The van der Waals surface area contributed by atoms with Crippen LogP contribution >= 0.6 is 0 Å². The molecule has 9 heteroatoms. The van der Waals surface area contributed by atoms with Gasteiger partial charge in [0, 0.05) is 24.4 Å². The molecule has 0 radical (unpaired) electrons. The lowest BCUT2D eigenvalue weighted by Gasteiger charge is -2.10. The van der Waals surface area contributed by atoms with Gasteiger partial charge in [-0.3, -0.25) is 4.68 Å². The lowest BCUT2D eigenvalue weighted by Crippen LogP contribution is -2.08. The third-order valence-corrected chi connectivity index (χ3v) is 3.56. The predicted molar refractivity (Wildman–Crippen MR) is 75.4 cm³/mol. The van der Waals surface area contributed by atoms with Crippen molar-refractivity contribution in [3.63, 3.8) is 0 Å². The van der Waals surface area contributed by atoms with Gasteiger partial charge in [-0.15, -0.1) is 0 Å². The first-order valence-corrected chi connectivity index (χ1v) is 6.95. The second kappa shape index (κ2) is 5.73. The number of hydrogen-bond donors (Lipinski definition) is 0. The summed E-state index contributed by atoms with van der Waals surface area (Å²) in [4.78, 5) is 4.03. The molecular formula is C15H12F4N4O. The Bertz CT molecular complexity index is 868. The maximum absolute atomic E-state index is 13.2. The van der Waals surface area contributed by atoms with Crippen LogP contribution in [0.5, 0.6) is 0 Å². The summed E-state index contributed by atoms with van der Waals surface area (Å²) in [6, 6.07) is 2.32. The average molecular weight is 340 g/mol. The average Bonchev–Trinajstić information content (AvgIpc) is 3.14. The van der Waals surface area contributed by atoms with Crippen molar-refractivity contribution in [1.29, 1.82) is 0 Å². The number of aromatic nitrogens is 4. The van der Waals surface area contributed by atoms with Crippen LogP contribution in [0.2, 0.25) is 0 Å². The van der Waals surface area contributed by atoms with E-state index in [1.165, 1.54) is 0 Å². The van der Waals surface area contributed by atoms with Gasteiger partial charge in [0.05, 0.1) is 17.7 Å². The highest BCUT2D eigenvalue weighted by atomic mass is 19.4. The summed E-state index contributed by atoms with van der Waals surface area (Å²) in [5.41, 5.74) is -0.705. The second-order valence-electron chi connectivity index (χ2n) is 5.31. The summed E-state index contributed by atoms with van der Waals surface area (Å²) in [6.07, 6.45) is -1.38. The highest BCUT2D eigenvalue weighted by molar-refractivity contribution is 5.60. The first kappa shape index (κ1) is 16.2. The molecule has 0 amide bonds. The van der Waals surface area contributed by atoms with E-state index in [1.54, 1.807) is 31.0 Å². The Morgan fingerprint density at radius 2 is 2.00 bits per heavy atom. The summed E-state index contributed by atoms with van der Waals surface area (Å²) < 4.78 is 59.1. The SMILES string of the molecule is C[C@@H](c1cnn(C)c1)c1nc(-c2ccc(F)cc2C(F)(F)F)no1. The van der Waals surface area contributed by atoms with E-state index in [-0.39, 0.29) is 23.2 Å². The van der Waals surface area contributed by atoms with Crippen LogP contribution in [0.25, 0.3) is 11.4 Å². The van der Waals surface area contributed by atoms with Crippen LogP contribution < -0.4 is 0 Å². The fourth-order valence-electron chi connectivity index (χ4n) is 2.27. The number of nitrogens with zero attached hydrogens (tertiary/aromatic N) is 4. The molecule has 0 fully saturated rings. The van der Waals surface area contributed by atoms with Crippen molar-refractivity contribution in [2.24, 2.45) is 7.05 Å². The van der Waals surface area contributed by atoms with Crippen molar-refractivity contribution in [2.75, 3.05) is 0 Å². The Balaban J connectivity index is 2.00. The molecule has 1 atom stereocenters. The minimum atomic E-state index is -4.73. The van der Waals surface area contributed by atoms with Gasteiger partial charge in [-0.1, -0.05) is 5.16 Å². The highest BCUT2D eigenvalue weighted by Gasteiger charge is 2.35. The molecule has 5 nitrogen and oxygen atoms in total. The molecule has 126 valence electrons. The molecule has 0 spiro atoms. The van der Waals surface area contributed by atoms with Crippen LogP contribution in [0.1, 0.15) is 29.9 Å². The van der Waals surface area contributed by atoms with E-state index in [9.17, 15) is 17.6 Å². The van der Waals surface area contributed by atoms with Crippen LogP contribution in [0.3, 0.4) is 0 Å². The first-order valence-electron chi connectivity index (χ1n) is 6.95.